The topological polar surface area (TPSA) is 93.2 Å². The van der Waals surface area contributed by atoms with E-state index in [1.165, 1.54) is 13.4 Å². The number of carbonyl (C=O) groups excluding carboxylic acids is 2. The molecule has 7 heteroatoms. The number of aryl methyl sites for hydroxylation is 1. The molecule has 0 unspecified atom stereocenters. The predicted octanol–water partition coefficient (Wildman–Crippen LogP) is 3.57. The lowest BCUT2D eigenvalue weighted by Gasteiger charge is -2.08. The Morgan fingerprint density at radius 1 is 0.963 bits per heavy atom. The van der Waals surface area contributed by atoms with E-state index in [0.29, 0.717) is 22.8 Å². The van der Waals surface area contributed by atoms with Crippen molar-refractivity contribution in [1.82, 2.24) is 9.97 Å². The molecule has 0 saturated carbocycles. The number of esters is 1. The fraction of sp³-hybridized carbons (Fsp3) is 0.100. The van der Waals surface area contributed by atoms with Crippen molar-refractivity contribution in [2.45, 2.75) is 6.92 Å². The van der Waals surface area contributed by atoms with Gasteiger partial charge in [0, 0.05) is 17.4 Å². The average molecular weight is 362 g/mol. The number of amides is 1. The maximum absolute atomic E-state index is 12.4. The van der Waals surface area contributed by atoms with Gasteiger partial charge in [-0.15, -0.1) is 0 Å². The number of nitrogens with zero attached hydrogens (tertiary/aromatic N) is 2. The molecule has 0 aliphatic rings. The molecule has 27 heavy (non-hydrogen) atoms. The summed E-state index contributed by atoms with van der Waals surface area (Å²) in [5, 5.41) is 5.88. The van der Waals surface area contributed by atoms with Crippen LogP contribution in [-0.2, 0) is 4.74 Å². The average Bonchev–Trinajstić information content (AvgIpc) is 2.68. The summed E-state index contributed by atoms with van der Waals surface area (Å²) >= 11 is 0. The van der Waals surface area contributed by atoms with Crippen LogP contribution in [0.2, 0.25) is 0 Å². The maximum atomic E-state index is 12.4. The van der Waals surface area contributed by atoms with E-state index < -0.39 is 5.97 Å². The van der Waals surface area contributed by atoms with Gasteiger partial charge < -0.3 is 15.4 Å². The van der Waals surface area contributed by atoms with Gasteiger partial charge in [-0.2, -0.15) is 0 Å². The maximum Gasteiger partial charge on any atom is 0.337 e. The summed E-state index contributed by atoms with van der Waals surface area (Å²) in [6.45, 7) is 1.95. The Labute approximate surface area is 156 Å². The van der Waals surface area contributed by atoms with Crippen molar-refractivity contribution in [3.63, 3.8) is 0 Å². The number of ether oxygens (including phenoxy) is 1. The van der Waals surface area contributed by atoms with Gasteiger partial charge in [-0.3, -0.25) is 4.79 Å². The van der Waals surface area contributed by atoms with Crippen LogP contribution in [0.15, 0.2) is 60.9 Å². The first kappa shape index (κ1) is 18.1. The van der Waals surface area contributed by atoms with Gasteiger partial charge in [-0.05, 0) is 48.9 Å². The van der Waals surface area contributed by atoms with Crippen molar-refractivity contribution in [1.29, 1.82) is 0 Å². The fourth-order valence-corrected chi connectivity index (χ4v) is 2.42. The molecule has 7 nitrogen and oxygen atoms in total. The minimum atomic E-state index is -0.404. The molecule has 0 spiro atoms. The number of hydrogen-bond donors (Lipinski definition) is 2. The summed E-state index contributed by atoms with van der Waals surface area (Å²) in [6, 6.07) is 15.8. The zero-order chi connectivity index (χ0) is 19.2. The lowest BCUT2D eigenvalue weighted by Crippen LogP contribution is -2.14. The van der Waals surface area contributed by atoms with Gasteiger partial charge in [0.25, 0.3) is 5.91 Å². The summed E-state index contributed by atoms with van der Waals surface area (Å²) in [7, 11) is 1.33. The van der Waals surface area contributed by atoms with Gasteiger partial charge >= 0.3 is 5.97 Å². The van der Waals surface area contributed by atoms with Gasteiger partial charge in [-0.25, -0.2) is 14.8 Å². The Bertz CT molecular complexity index is 971. The molecular weight excluding hydrogens is 344 g/mol. The molecule has 0 atom stereocenters. The molecule has 0 bridgehead atoms. The van der Waals surface area contributed by atoms with Gasteiger partial charge in [0.1, 0.15) is 17.8 Å². The minimum Gasteiger partial charge on any atom is -0.465 e. The molecule has 0 aliphatic heterocycles. The molecule has 1 aromatic heterocycles. The van der Waals surface area contributed by atoms with E-state index in [9.17, 15) is 9.59 Å². The Hall–Kier alpha value is -3.74. The first-order valence-electron chi connectivity index (χ1n) is 8.20. The highest BCUT2D eigenvalue weighted by Crippen LogP contribution is 2.17. The third-order valence-corrected chi connectivity index (χ3v) is 3.75. The Balaban J connectivity index is 1.71. The molecule has 2 N–H and O–H groups in total. The molecule has 1 amide bonds. The molecule has 3 rings (SSSR count). The smallest absolute Gasteiger partial charge is 0.337 e. The van der Waals surface area contributed by atoms with Gasteiger partial charge in [0.2, 0.25) is 0 Å². The van der Waals surface area contributed by atoms with Crippen LogP contribution in [0.25, 0.3) is 0 Å². The van der Waals surface area contributed by atoms with E-state index in [1.807, 2.05) is 31.2 Å². The summed E-state index contributed by atoms with van der Waals surface area (Å²) < 4.78 is 4.67. The van der Waals surface area contributed by atoms with Crippen LogP contribution in [0.1, 0.15) is 26.4 Å². The monoisotopic (exact) mass is 362 g/mol. The van der Waals surface area contributed by atoms with Crippen molar-refractivity contribution >= 4 is 29.1 Å². The molecule has 0 saturated heterocycles. The van der Waals surface area contributed by atoms with Crippen molar-refractivity contribution in [2.24, 2.45) is 0 Å². The van der Waals surface area contributed by atoms with Crippen LogP contribution in [0, 0.1) is 6.92 Å². The van der Waals surface area contributed by atoms with Crippen LogP contribution in [0.3, 0.4) is 0 Å². The van der Waals surface area contributed by atoms with E-state index >= 15 is 0 Å². The SMILES string of the molecule is COC(=O)c1ccc(Nc2cc(C(=O)Nc3cccc(C)c3)ncn2)cc1. The number of rotatable bonds is 5. The van der Waals surface area contributed by atoms with Crippen molar-refractivity contribution in [3.05, 3.63) is 77.7 Å². The number of methoxy groups -OCH3 is 1. The second kappa shape index (κ2) is 8.09. The molecule has 136 valence electrons. The number of carbonyl (C=O) groups is 2. The Morgan fingerprint density at radius 3 is 2.44 bits per heavy atom. The molecule has 3 aromatic rings. The third kappa shape index (κ3) is 4.66. The predicted molar refractivity (Wildman–Crippen MR) is 102 cm³/mol. The number of hydrogen-bond acceptors (Lipinski definition) is 6. The second-order valence-corrected chi connectivity index (χ2v) is 5.81. The van der Waals surface area contributed by atoms with Gasteiger partial charge in [0.15, 0.2) is 0 Å². The van der Waals surface area contributed by atoms with E-state index in [1.54, 1.807) is 30.3 Å². The van der Waals surface area contributed by atoms with Gasteiger partial charge in [0.05, 0.1) is 12.7 Å². The first-order chi connectivity index (χ1) is 13.0. The summed E-state index contributed by atoms with van der Waals surface area (Å²) in [4.78, 5) is 32.0. The molecule has 0 aliphatic carbocycles. The van der Waals surface area contributed by atoms with Crippen LogP contribution in [-0.4, -0.2) is 29.0 Å². The number of benzene rings is 2. The van der Waals surface area contributed by atoms with Crippen LogP contribution < -0.4 is 10.6 Å². The quantitative estimate of drug-likeness (QED) is 0.674. The Morgan fingerprint density at radius 2 is 1.74 bits per heavy atom. The van der Waals surface area contributed by atoms with Crippen molar-refractivity contribution < 1.29 is 14.3 Å². The lowest BCUT2D eigenvalue weighted by molar-refractivity contribution is 0.0600. The largest absolute Gasteiger partial charge is 0.465 e. The van der Waals surface area contributed by atoms with Gasteiger partial charge in [-0.1, -0.05) is 12.1 Å². The highest BCUT2D eigenvalue weighted by atomic mass is 16.5. The molecule has 2 aromatic carbocycles. The molecule has 1 heterocycles. The standard InChI is InChI=1S/C20H18N4O3/c1-13-4-3-5-16(10-13)24-19(25)17-11-18(22-12-21-17)23-15-8-6-14(7-9-15)20(26)27-2/h3-12H,1-2H3,(H,24,25)(H,21,22,23). The van der Waals surface area contributed by atoms with Crippen molar-refractivity contribution in [3.8, 4) is 0 Å². The number of anilines is 3. The van der Waals surface area contributed by atoms with Crippen LogP contribution in [0.5, 0.6) is 0 Å². The Kier molecular flexibility index (Phi) is 5.41. The summed E-state index contributed by atoms with van der Waals surface area (Å²) in [5.41, 5.74) is 3.15. The number of aromatic nitrogens is 2. The zero-order valence-electron chi connectivity index (χ0n) is 14.9. The fourth-order valence-electron chi connectivity index (χ4n) is 2.42. The highest BCUT2D eigenvalue weighted by molar-refractivity contribution is 6.03. The minimum absolute atomic E-state index is 0.236. The third-order valence-electron chi connectivity index (χ3n) is 3.75. The second-order valence-electron chi connectivity index (χ2n) is 5.81. The van der Waals surface area contributed by atoms with E-state index in [4.69, 9.17) is 0 Å². The lowest BCUT2D eigenvalue weighted by atomic mass is 10.2. The van der Waals surface area contributed by atoms with E-state index in [0.717, 1.165) is 5.56 Å². The molecular formula is C20H18N4O3. The molecule has 0 fully saturated rings. The highest BCUT2D eigenvalue weighted by Gasteiger charge is 2.10. The summed E-state index contributed by atoms with van der Waals surface area (Å²) in [5.74, 6) is -0.268. The number of nitrogens with one attached hydrogen (secondary N) is 2. The normalized spacial score (nSPS) is 10.1. The van der Waals surface area contributed by atoms with Crippen LogP contribution in [0.4, 0.5) is 17.2 Å². The van der Waals surface area contributed by atoms with E-state index in [2.05, 4.69) is 25.3 Å². The molecule has 0 radical (unpaired) electrons. The summed E-state index contributed by atoms with van der Waals surface area (Å²) in [6.07, 6.45) is 1.32. The zero-order valence-corrected chi connectivity index (χ0v) is 14.9. The van der Waals surface area contributed by atoms with Crippen LogP contribution >= 0.6 is 0 Å². The van der Waals surface area contributed by atoms with E-state index in [-0.39, 0.29) is 11.6 Å². The first-order valence-corrected chi connectivity index (χ1v) is 8.20. The van der Waals surface area contributed by atoms with Crippen molar-refractivity contribution in [2.75, 3.05) is 17.7 Å².